The Balaban J connectivity index is 3.05. The van der Waals surface area contributed by atoms with Crippen molar-refractivity contribution in [3.63, 3.8) is 0 Å². The van der Waals surface area contributed by atoms with E-state index in [0.717, 1.165) is 5.56 Å². The number of hydrogen-bond acceptors (Lipinski definition) is 2. The minimum absolute atomic E-state index is 0.569. The van der Waals surface area contributed by atoms with Crippen LogP contribution in [-0.4, -0.2) is 6.61 Å². The highest BCUT2D eigenvalue weighted by Crippen LogP contribution is 2.29. The Morgan fingerprint density at radius 2 is 2.17 bits per heavy atom. The zero-order valence-corrected chi connectivity index (χ0v) is 7.98. The monoisotopic (exact) mass is 185 g/mol. The van der Waals surface area contributed by atoms with Crippen LogP contribution in [0.3, 0.4) is 0 Å². The predicted molar refractivity (Wildman–Crippen MR) is 51.8 cm³/mol. The molecule has 0 amide bonds. The third kappa shape index (κ3) is 1.83. The smallest absolute Gasteiger partial charge is 0.138 e. The molecular weight excluding hydrogens is 174 g/mol. The lowest BCUT2D eigenvalue weighted by molar-refractivity contribution is 0.340. The molecule has 1 aromatic rings. The summed E-state index contributed by atoms with van der Waals surface area (Å²) in [5, 5.41) is 0.569. The lowest BCUT2D eigenvalue weighted by Gasteiger charge is -2.07. The van der Waals surface area contributed by atoms with Gasteiger partial charge in [0.25, 0.3) is 0 Å². The number of benzene rings is 1. The van der Waals surface area contributed by atoms with Crippen LogP contribution in [-0.2, 0) is 0 Å². The Labute approximate surface area is 77.3 Å². The molecule has 0 saturated carbocycles. The fourth-order valence-corrected chi connectivity index (χ4v) is 1.16. The van der Waals surface area contributed by atoms with E-state index in [4.69, 9.17) is 22.1 Å². The molecule has 0 aliphatic carbocycles. The van der Waals surface area contributed by atoms with Crippen LogP contribution in [0.25, 0.3) is 0 Å². The van der Waals surface area contributed by atoms with E-state index < -0.39 is 0 Å². The molecule has 0 radical (unpaired) electrons. The van der Waals surface area contributed by atoms with Crippen LogP contribution in [0.1, 0.15) is 12.5 Å². The van der Waals surface area contributed by atoms with Crippen LogP contribution in [0.15, 0.2) is 12.1 Å². The summed E-state index contributed by atoms with van der Waals surface area (Å²) in [6.07, 6.45) is 0. The maximum Gasteiger partial charge on any atom is 0.138 e. The van der Waals surface area contributed by atoms with Gasteiger partial charge in [-0.15, -0.1) is 0 Å². The van der Waals surface area contributed by atoms with Crippen molar-refractivity contribution in [2.24, 2.45) is 0 Å². The molecule has 0 aliphatic rings. The zero-order chi connectivity index (χ0) is 9.14. The predicted octanol–water partition coefficient (Wildman–Crippen LogP) is 2.63. The second-order valence-electron chi connectivity index (χ2n) is 2.57. The number of nitrogens with two attached hydrogens (primary N) is 1. The van der Waals surface area contributed by atoms with Gasteiger partial charge < -0.3 is 10.5 Å². The molecule has 0 fully saturated rings. The maximum absolute atomic E-state index is 5.88. The van der Waals surface area contributed by atoms with E-state index in [1.54, 1.807) is 6.07 Å². The number of rotatable bonds is 2. The van der Waals surface area contributed by atoms with Gasteiger partial charge in [-0.25, -0.2) is 0 Å². The third-order valence-corrected chi connectivity index (χ3v) is 1.92. The molecule has 0 aliphatic heterocycles. The topological polar surface area (TPSA) is 35.2 Å². The van der Waals surface area contributed by atoms with Crippen molar-refractivity contribution in [2.45, 2.75) is 13.8 Å². The molecule has 2 nitrogen and oxygen atoms in total. The Kier molecular flexibility index (Phi) is 2.82. The first-order valence-electron chi connectivity index (χ1n) is 3.83. The zero-order valence-electron chi connectivity index (χ0n) is 7.23. The lowest BCUT2D eigenvalue weighted by Crippen LogP contribution is -1.95. The van der Waals surface area contributed by atoms with Gasteiger partial charge in [0.2, 0.25) is 0 Å². The highest BCUT2D eigenvalue weighted by molar-refractivity contribution is 6.32. The maximum atomic E-state index is 5.88. The second kappa shape index (κ2) is 3.68. The molecular formula is C9H12ClNO. The van der Waals surface area contributed by atoms with Gasteiger partial charge in [-0.2, -0.15) is 0 Å². The molecule has 0 atom stereocenters. The van der Waals surface area contributed by atoms with E-state index in [1.807, 2.05) is 19.9 Å². The van der Waals surface area contributed by atoms with E-state index in [1.165, 1.54) is 0 Å². The fourth-order valence-electron chi connectivity index (χ4n) is 0.937. The molecule has 0 spiro atoms. The molecule has 0 bridgehead atoms. The number of hydrogen-bond donors (Lipinski definition) is 1. The Morgan fingerprint density at radius 1 is 1.50 bits per heavy atom. The van der Waals surface area contributed by atoms with Crippen molar-refractivity contribution < 1.29 is 4.74 Å². The SMILES string of the molecule is CCOc1cc(C)c(N)cc1Cl. The number of ether oxygens (including phenoxy) is 1. The highest BCUT2D eigenvalue weighted by atomic mass is 35.5. The average molecular weight is 186 g/mol. The van der Waals surface area contributed by atoms with Crippen molar-refractivity contribution >= 4 is 17.3 Å². The van der Waals surface area contributed by atoms with Crippen molar-refractivity contribution in [3.05, 3.63) is 22.7 Å². The van der Waals surface area contributed by atoms with Crippen LogP contribution >= 0.6 is 11.6 Å². The lowest BCUT2D eigenvalue weighted by atomic mass is 10.2. The quantitative estimate of drug-likeness (QED) is 0.719. The summed E-state index contributed by atoms with van der Waals surface area (Å²) in [7, 11) is 0. The molecule has 0 aromatic heterocycles. The summed E-state index contributed by atoms with van der Waals surface area (Å²) in [6, 6.07) is 3.56. The van der Waals surface area contributed by atoms with Crippen LogP contribution in [0.5, 0.6) is 5.75 Å². The minimum atomic E-state index is 0.569. The van der Waals surface area contributed by atoms with Crippen molar-refractivity contribution in [1.82, 2.24) is 0 Å². The van der Waals surface area contributed by atoms with Gasteiger partial charge in [0.1, 0.15) is 5.75 Å². The van der Waals surface area contributed by atoms with Crippen molar-refractivity contribution in [2.75, 3.05) is 12.3 Å². The van der Waals surface area contributed by atoms with Gasteiger partial charge in [-0.1, -0.05) is 11.6 Å². The summed E-state index contributed by atoms with van der Waals surface area (Å²) in [6.45, 7) is 4.46. The van der Waals surface area contributed by atoms with Crippen LogP contribution in [0.2, 0.25) is 5.02 Å². The van der Waals surface area contributed by atoms with Crippen molar-refractivity contribution in [1.29, 1.82) is 0 Å². The average Bonchev–Trinajstić information content (AvgIpc) is 2.01. The van der Waals surface area contributed by atoms with E-state index in [9.17, 15) is 0 Å². The summed E-state index contributed by atoms with van der Waals surface area (Å²) in [4.78, 5) is 0. The molecule has 2 N–H and O–H groups in total. The fraction of sp³-hybridized carbons (Fsp3) is 0.333. The van der Waals surface area contributed by atoms with Gasteiger partial charge in [-0.3, -0.25) is 0 Å². The van der Waals surface area contributed by atoms with E-state index >= 15 is 0 Å². The second-order valence-corrected chi connectivity index (χ2v) is 2.98. The molecule has 1 aromatic carbocycles. The molecule has 0 heterocycles. The van der Waals surface area contributed by atoms with Crippen LogP contribution < -0.4 is 10.5 Å². The summed E-state index contributed by atoms with van der Waals surface area (Å²) >= 11 is 5.88. The molecule has 3 heteroatoms. The van der Waals surface area contributed by atoms with E-state index in [-0.39, 0.29) is 0 Å². The van der Waals surface area contributed by atoms with Gasteiger partial charge >= 0.3 is 0 Å². The highest BCUT2D eigenvalue weighted by Gasteiger charge is 2.03. The number of anilines is 1. The van der Waals surface area contributed by atoms with Crippen LogP contribution in [0.4, 0.5) is 5.69 Å². The van der Waals surface area contributed by atoms with E-state index in [0.29, 0.717) is 23.1 Å². The molecule has 66 valence electrons. The summed E-state index contributed by atoms with van der Waals surface area (Å²) in [5.74, 6) is 0.700. The molecule has 0 saturated heterocycles. The number of halogens is 1. The van der Waals surface area contributed by atoms with Gasteiger partial charge in [-0.05, 0) is 31.5 Å². The Morgan fingerprint density at radius 3 is 2.75 bits per heavy atom. The third-order valence-electron chi connectivity index (χ3n) is 1.62. The summed E-state index contributed by atoms with van der Waals surface area (Å²) in [5.41, 5.74) is 7.33. The molecule has 12 heavy (non-hydrogen) atoms. The largest absolute Gasteiger partial charge is 0.492 e. The van der Waals surface area contributed by atoms with Gasteiger partial charge in [0, 0.05) is 5.69 Å². The van der Waals surface area contributed by atoms with Crippen LogP contribution in [0, 0.1) is 6.92 Å². The van der Waals surface area contributed by atoms with Crippen molar-refractivity contribution in [3.8, 4) is 5.75 Å². The first-order chi connectivity index (χ1) is 5.65. The molecule has 1 rings (SSSR count). The first kappa shape index (κ1) is 9.20. The summed E-state index contributed by atoms with van der Waals surface area (Å²) < 4.78 is 5.28. The molecule has 0 unspecified atom stereocenters. The Bertz CT molecular complexity index is 286. The van der Waals surface area contributed by atoms with E-state index in [2.05, 4.69) is 0 Å². The number of aryl methyl sites for hydroxylation is 1. The number of nitrogen functional groups attached to an aromatic ring is 1. The minimum Gasteiger partial charge on any atom is -0.492 e. The Hall–Kier alpha value is -0.890. The standard InChI is InChI=1S/C9H12ClNO/c1-3-12-9-4-6(2)8(11)5-7(9)10/h4-5H,3,11H2,1-2H3. The van der Waals surface area contributed by atoms with Gasteiger partial charge in [0.15, 0.2) is 0 Å². The first-order valence-corrected chi connectivity index (χ1v) is 4.21. The van der Waals surface area contributed by atoms with Gasteiger partial charge in [0.05, 0.1) is 11.6 Å². The normalized spacial score (nSPS) is 9.92.